The summed E-state index contributed by atoms with van der Waals surface area (Å²) in [4.78, 5) is 26.0. The number of carboxylic acids is 1. The van der Waals surface area contributed by atoms with Crippen LogP contribution in [0.15, 0.2) is 34.9 Å². The first-order valence-electron chi connectivity index (χ1n) is 8.26. The maximum absolute atomic E-state index is 13.2. The number of nitrogens with zero attached hydrogens (tertiary/aromatic N) is 1. The fourth-order valence-corrected chi connectivity index (χ4v) is 3.27. The van der Waals surface area contributed by atoms with E-state index in [2.05, 4.69) is 6.07 Å². The number of hydrogen-bond donors (Lipinski definition) is 1. The van der Waals surface area contributed by atoms with Gasteiger partial charge in [0.25, 0.3) is 5.91 Å². The molecule has 1 amide bonds. The largest absolute Gasteiger partial charge is 0.481 e. The summed E-state index contributed by atoms with van der Waals surface area (Å²) in [5.41, 5.74) is 3.14. The smallest absolute Gasteiger partial charge is 0.311 e. The molecule has 126 valence electrons. The van der Waals surface area contributed by atoms with Crippen molar-refractivity contribution in [2.45, 2.75) is 39.0 Å². The Morgan fingerprint density at radius 2 is 2.00 bits per heavy atom. The number of furan rings is 1. The van der Waals surface area contributed by atoms with Gasteiger partial charge in [0.15, 0.2) is 0 Å². The lowest BCUT2D eigenvalue weighted by Gasteiger charge is -2.27. The van der Waals surface area contributed by atoms with Gasteiger partial charge >= 0.3 is 5.97 Å². The van der Waals surface area contributed by atoms with Crippen molar-refractivity contribution >= 4 is 17.6 Å². The van der Waals surface area contributed by atoms with Crippen LogP contribution >= 0.6 is 0 Å². The van der Waals surface area contributed by atoms with Crippen LogP contribution in [-0.2, 0) is 17.6 Å². The van der Waals surface area contributed by atoms with Crippen molar-refractivity contribution in [2.24, 2.45) is 0 Å². The zero-order chi connectivity index (χ0) is 17.1. The van der Waals surface area contributed by atoms with Crippen LogP contribution in [0.5, 0.6) is 0 Å². The second-order valence-electron chi connectivity index (χ2n) is 6.18. The van der Waals surface area contributed by atoms with Crippen molar-refractivity contribution in [3.8, 4) is 0 Å². The van der Waals surface area contributed by atoms with Crippen molar-refractivity contribution in [3.63, 3.8) is 0 Å². The van der Waals surface area contributed by atoms with Gasteiger partial charge in [-0.25, -0.2) is 0 Å². The molecule has 1 aromatic heterocycles. The van der Waals surface area contributed by atoms with Crippen molar-refractivity contribution in [1.82, 2.24) is 0 Å². The highest BCUT2D eigenvalue weighted by Crippen LogP contribution is 2.29. The van der Waals surface area contributed by atoms with Gasteiger partial charge in [0.1, 0.15) is 12.2 Å². The second kappa shape index (κ2) is 6.91. The molecule has 24 heavy (non-hydrogen) atoms. The lowest BCUT2D eigenvalue weighted by molar-refractivity contribution is -0.136. The fraction of sp³-hybridized carbons (Fsp3) is 0.368. The molecule has 3 rings (SSSR count). The van der Waals surface area contributed by atoms with Crippen molar-refractivity contribution in [1.29, 1.82) is 0 Å². The molecular weight excluding hydrogens is 306 g/mol. The van der Waals surface area contributed by atoms with E-state index in [1.807, 2.05) is 18.2 Å². The average Bonchev–Trinajstić information content (AvgIpc) is 2.87. The molecule has 1 aromatic carbocycles. The zero-order valence-corrected chi connectivity index (χ0v) is 13.7. The molecule has 0 spiro atoms. The lowest BCUT2D eigenvalue weighted by Crippen LogP contribution is -2.34. The van der Waals surface area contributed by atoms with E-state index in [1.165, 1.54) is 6.26 Å². The Morgan fingerprint density at radius 1 is 1.21 bits per heavy atom. The number of aliphatic carboxylic acids is 1. The first-order valence-corrected chi connectivity index (χ1v) is 8.26. The molecule has 0 saturated carbocycles. The summed E-state index contributed by atoms with van der Waals surface area (Å²) in [7, 11) is 0. The predicted octanol–water partition coefficient (Wildman–Crippen LogP) is 3.59. The molecule has 5 heteroatoms. The third-order valence-corrected chi connectivity index (χ3v) is 4.43. The highest BCUT2D eigenvalue weighted by Gasteiger charge is 2.27. The molecule has 1 aliphatic rings. The number of carbonyl (C=O) groups excluding carboxylic acids is 1. The summed E-state index contributed by atoms with van der Waals surface area (Å²) in [5, 5.41) is 9.05. The Morgan fingerprint density at radius 3 is 2.79 bits per heavy atom. The monoisotopic (exact) mass is 327 g/mol. The predicted molar refractivity (Wildman–Crippen MR) is 90.5 cm³/mol. The third kappa shape index (κ3) is 3.20. The van der Waals surface area contributed by atoms with Gasteiger partial charge in [-0.3, -0.25) is 9.59 Å². The Balaban J connectivity index is 2.01. The van der Waals surface area contributed by atoms with Crippen LogP contribution in [0.2, 0.25) is 0 Å². The second-order valence-corrected chi connectivity index (χ2v) is 6.18. The molecule has 0 bridgehead atoms. The van der Waals surface area contributed by atoms with E-state index in [0.717, 1.165) is 36.9 Å². The van der Waals surface area contributed by atoms with Crippen LogP contribution in [0.1, 0.15) is 46.5 Å². The number of carboxylic acid groups (broad SMARTS) is 1. The first-order chi connectivity index (χ1) is 11.6. The van der Waals surface area contributed by atoms with Gasteiger partial charge < -0.3 is 14.4 Å². The summed E-state index contributed by atoms with van der Waals surface area (Å²) in [5.74, 6) is -0.956. The average molecular weight is 327 g/mol. The first kappa shape index (κ1) is 16.3. The number of carbonyl (C=O) groups is 2. The number of fused-ring (bicyclic) bond motifs is 1. The molecule has 0 saturated heterocycles. The molecule has 2 heterocycles. The van der Waals surface area contributed by atoms with Gasteiger partial charge in [0.2, 0.25) is 0 Å². The maximum atomic E-state index is 13.2. The topological polar surface area (TPSA) is 70.7 Å². The molecule has 0 aliphatic carbocycles. The zero-order valence-electron chi connectivity index (χ0n) is 13.7. The van der Waals surface area contributed by atoms with Crippen LogP contribution in [0.25, 0.3) is 0 Å². The molecule has 2 aromatic rings. The molecule has 1 N–H and O–H groups in total. The number of amides is 1. The van der Waals surface area contributed by atoms with Crippen LogP contribution in [0.4, 0.5) is 5.69 Å². The van der Waals surface area contributed by atoms with Gasteiger partial charge in [0.05, 0.1) is 11.8 Å². The normalized spacial score (nSPS) is 14.6. The Hall–Kier alpha value is -2.56. The molecule has 0 radical (unpaired) electrons. The van der Waals surface area contributed by atoms with E-state index in [1.54, 1.807) is 11.8 Å². The third-order valence-electron chi connectivity index (χ3n) is 4.43. The molecular formula is C19H21NO4. The minimum Gasteiger partial charge on any atom is -0.481 e. The van der Waals surface area contributed by atoms with Gasteiger partial charge in [0, 0.05) is 17.8 Å². The number of rotatable bonds is 3. The van der Waals surface area contributed by atoms with E-state index in [9.17, 15) is 9.59 Å². The van der Waals surface area contributed by atoms with E-state index in [4.69, 9.17) is 9.52 Å². The summed E-state index contributed by atoms with van der Waals surface area (Å²) in [6, 6.07) is 7.94. The van der Waals surface area contributed by atoms with Crippen molar-refractivity contribution < 1.29 is 19.1 Å². The van der Waals surface area contributed by atoms with Gasteiger partial charge in [-0.05, 0) is 37.8 Å². The van der Waals surface area contributed by atoms with Crippen LogP contribution < -0.4 is 4.90 Å². The fourth-order valence-electron chi connectivity index (χ4n) is 3.27. The number of benzene rings is 1. The number of hydrogen-bond acceptors (Lipinski definition) is 3. The van der Waals surface area contributed by atoms with Crippen LogP contribution in [0.3, 0.4) is 0 Å². The SMILES string of the molecule is Cc1coc(CC(=O)O)c1C(=O)N1CCCCCc2ccccc21. The standard InChI is InChI=1S/C19H21NO4/c1-13-12-24-16(11-17(21)22)18(13)19(23)20-10-6-2-3-7-14-8-4-5-9-15(14)20/h4-5,8-9,12H,2-3,6-7,10-11H2,1H3,(H,21,22). The van der Waals surface area contributed by atoms with Crippen molar-refractivity contribution in [2.75, 3.05) is 11.4 Å². The maximum Gasteiger partial charge on any atom is 0.311 e. The van der Waals surface area contributed by atoms with E-state index in [0.29, 0.717) is 17.7 Å². The Kier molecular flexibility index (Phi) is 4.69. The summed E-state index contributed by atoms with van der Waals surface area (Å²) >= 11 is 0. The van der Waals surface area contributed by atoms with Gasteiger partial charge in [-0.2, -0.15) is 0 Å². The minimum absolute atomic E-state index is 0.174. The molecule has 0 unspecified atom stereocenters. The Bertz CT molecular complexity index is 762. The molecule has 5 nitrogen and oxygen atoms in total. The van der Waals surface area contributed by atoms with Crippen molar-refractivity contribution in [3.05, 3.63) is 53.0 Å². The summed E-state index contributed by atoms with van der Waals surface area (Å²) in [6.45, 7) is 2.41. The molecule has 1 aliphatic heterocycles. The summed E-state index contributed by atoms with van der Waals surface area (Å²) < 4.78 is 5.33. The molecule has 0 fully saturated rings. The minimum atomic E-state index is -1.01. The van der Waals surface area contributed by atoms with Gasteiger partial charge in [-0.15, -0.1) is 0 Å². The molecule has 0 atom stereocenters. The summed E-state index contributed by atoms with van der Waals surface area (Å²) in [6.07, 6.45) is 5.25. The van der Waals surface area contributed by atoms with Crippen LogP contribution in [-0.4, -0.2) is 23.5 Å². The number of anilines is 1. The highest BCUT2D eigenvalue weighted by molar-refractivity contribution is 6.08. The van der Waals surface area contributed by atoms with Gasteiger partial charge in [-0.1, -0.05) is 24.6 Å². The number of para-hydroxylation sites is 1. The highest BCUT2D eigenvalue weighted by atomic mass is 16.4. The van der Waals surface area contributed by atoms with E-state index >= 15 is 0 Å². The lowest BCUT2D eigenvalue weighted by atomic mass is 10.00. The van der Waals surface area contributed by atoms with Crippen LogP contribution in [0, 0.1) is 6.92 Å². The quantitative estimate of drug-likeness (QED) is 0.935. The van der Waals surface area contributed by atoms with E-state index in [-0.39, 0.29) is 18.1 Å². The van der Waals surface area contributed by atoms with E-state index < -0.39 is 5.97 Å². The Labute approximate surface area is 140 Å². The number of aryl methyl sites for hydroxylation is 2.